The van der Waals surface area contributed by atoms with Gasteiger partial charge < -0.3 is 4.74 Å². The zero-order valence-electron chi connectivity index (χ0n) is 10.2. The van der Waals surface area contributed by atoms with Gasteiger partial charge >= 0.3 is 5.97 Å². The van der Waals surface area contributed by atoms with E-state index < -0.39 is 0 Å². The Balaban J connectivity index is 1.73. The molecule has 0 aliphatic heterocycles. The first-order chi connectivity index (χ1) is 7.79. The van der Waals surface area contributed by atoms with Crippen LogP contribution < -0.4 is 0 Å². The van der Waals surface area contributed by atoms with Gasteiger partial charge in [0.1, 0.15) is 6.10 Å². The molecule has 90 valence electrons. The molecule has 0 saturated heterocycles. The van der Waals surface area contributed by atoms with Crippen molar-refractivity contribution in [1.29, 1.82) is 0 Å². The molecule has 0 aromatic rings. The van der Waals surface area contributed by atoms with E-state index in [0.717, 1.165) is 25.2 Å². The van der Waals surface area contributed by atoms with Gasteiger partial charge in [0, 0.05) is 6.08 Å². The lowest BCUT2D eigenvalue weighted by Gasteiger charge is -2.15. The van der Waals surface area contributed by atoms with Crippen LogP contribution in [0.4, 0.5) is 0 Å². The van der Waals surface area contributed by atoms with Crippen LogP contribution in [0.15, 0.2) is 12.2 Å². The number of allylic oxidation sites excluding steroid dienone is 1. The summed E-state index contributed by atoms with van der Waals surface area (Å²) in [4.78, 5) is 11.6. The van der Waals surface area contributed by atoms with Crippen LogP contribution in [0.25, 0.3) is 0 Å². The predicted molar refractivity (Wildman–Crippen MR) is 64.0 cm³/mol. The van der Waals surface area contributed by atoms with Crippen molar-refractivity contribution in [1.82, 2.24) is 0 Å². The van der Waals surface area contributed by atoms with Crippen molar-refractivity contribution < 1.29 is 9.53 Å². The number of carbonyl (C=O) groups is 1. The summed E-state index contributed by atoms with van der Waals surface area (Å²) in [6.07, 6.45) is 12.1. The molecule has 1 unspecified atom stereocenters. The summed E-state index contributed by atoms with van der Waals surface area (Å²) in [5.41, 5.74) is 0. The second-order valence-electron chi connectivity index (χ2n) is 5.18. The van der Waals surface area contributed by atoms with Gasteiger partial charge in [0.25, 0.3) is 0 Å². The molecule has 2 saturated carbocycles. The maximum absolute atomic E-state index is 11.6. The Morgan fingerprint density at radius 2 is 2.12 bits per heavy atom. The first-order valence-electron chi connectivity index (χ1n) is 6.66. The van der Waals surface area contributed by atoms with Crippen LogP contribution in [0.5, 0.6) is 0 Å². The number of esters is 1. The molecular weight excluding hydrogens is 200 g/mol. The van der Waals surface area contributed by atoms with E-state index >= 15 is 0 Å². The van der Waals surface area contributed by atoms with Crippen molar-refractivity contribution in [2.24, 2.45) is 11.8 Å². The highest BCUT2D eigenvalue weighted by Gasteiger charge is 2.37. The lowest BCUT2D eigenvalue weighted by atomic mass is 10.1. The molecule has 0 bridgehead atoms. The number of carbonyl (C=O) groups excluding carboxylic acids is 1. The molecule has 1 atom stereocenters. The third kappa shape index (κ3) is 3.99. The molecule has 0 spiro atoms. The van der Waals surface area contributed by atoms with Gasteiger partial charge in [-0.05, 0) is 37.5 Å². The summed E-state index contributed by atoms with van der Waals surface area (Å²) < 4.78 is 5.55. The highest BCUT2D eigenvalue weighted by molar-refractivity contribution is 5.82. The Morgan fingerprint density at radius 1 is 1.38 bits per heavy atom. The normalized spacial score (nSPS) is 22.3. The number of rotatable bonds is 7. The van der Waals surface area contributed by atoms with E-state index in [2.05, 4.69) is 6.92 Å². The molecule has 2 nitrogen and oxygen atoms in total. The predicted octanol–water partition coefficient (Wildman–Crippen LogP) is 3.46. The van der Waals surface area contributed by atoms with Crippen molar-refractivity contribution >= 4 is 5.97 Å². The molecule has 2 aliphatic carbocycles. The van der Waals surface area contributed by atoms with Gasteiger partial charge in [0.05, 0.1) is 0 Å². The maximum Gasteiger partial charge on any atom is 0.330 e. The molecule has 0 radical (unpaired) electrons. The van der Waals surface area contributed by atoms with E-state index in [1.54, 1.807) is 6.08 Å². The monoisotopic (exact) mass is 222 g/mol. The largest absolute Gasteiger partial charge is 0.459 e. The van der Waals surface area contributed by atoms with Gasteiger partial charge in [-0.1, -0.05) is 32.3 Å². The smallest absolute Gasteiger partial charge is 0.330 e. The van der Waals surface area contributed by atoms with E-state index in [1.165, 1.54) is 25.7 Å². The van der Waals surface area contributed by atoms with Crippen molar-refractivity contribution in [3.05, 3.63) is 12.2 Å². The minimum absolute atomic E-state index is 0.133. The van der Waals surface area contributed by atoms with E-state index in [9.17, 15) is 4.79 Å². The number of unbranched alkanes of at least 4 members (excludes halogenated alkanes) is 1. The Morgan fingerprint density at radius 3 is 2.69 bits per heavy atom. The minimum atomic E-state index is -0.133. The molecule has 0 aromatic heterocycles. The summed E-state index contributed by atoms with van der Waals surface area (Å²) in [5, 5.41) is 0. The lowest BCUT2D eigenvalue weighted by molar-refractivity contribution is -0.144. The van der Waals surface area contributed by atoms with Gasteiger partial charge in [-0.3, -0.25) is 0 Å². The molecular formula is C14H22O2. The minimum Gasteiger partial charge on any atom is -0.459 e. The SMILES string of the molecule is CCCC=CC(=O)OC(CC1CC1)C1CC1. The number of ether oxygens (including phenoxy) is 1. The van der Waals surface area contributed by atoms with E-state index in [-0.39, 0.29) is 12.1 Å². The number of hydrogen-bond donors (Lipinski definition) is 0. The summed E-state index contributed by atoms with van der Waals surface area (Å²) >= 11 is 0. The van der Waals surface area contributed by atoms with Gasteiger partial charge in [-0.15, -0.1) is 0 Å². The Hall–Kier alpha value is -0.790. The molecule has 2 heteroatoms. The van der Waals surface area contributed by atoms with E-state index in [4.69, 9.17) is 4.74 Å². The molecule has 0 amide bonds. The zero-order valence-corrected chi connectivity index (χ0v) is 10.2. The molecule has 16 heavy (non-hydrogen) atoms. The summed E-state index contributed by atoms with van der Waals surface area (Å²) in [5.74, 6) is 1.38. The molecule has 0 aromatic carbocycles. The quantitative estimate of drug-likeness (QED) is 0.487. The summed E-state index contributed by atoms with van der Waals surface area (Å²) in [6, 6.07) is 0. The fourth-order valence-corrected chi connectivity index (χ4v) is 2.02. The third-order valence-electron chi connectivity index (χ3n) is 3.39. The van der Waals surface area contributed by atoms with E-state index in [0.29, 0.717) is 5.92 Å². The molecule has 2 aliphatic rings. The molecule has 0 heterocycles. The molecule has 2 fully saturated rings. The van der Waals surface area contributed by atoms with Crippen LogP contribution in [0.3, 0.4) is 0 Å². The first kappa shape index (κ1) is 11.7. The zero-order chi connectivity index (χ0) is 11.4. The molecule has 2 rings (SSSR count). The van der Waals surface area contributed by atoms with Crippen LogP contribution in [0.2, 0.25) is 0 Å². The van der Waals surface area contributed by atoms with Crippen LogP contribution in [-0.2, 0) is 9.53 Å². The van der Waals surface area contributed by atoms with Crippen LogP contribution in [0, 0.1) is 11.8 Å². The van der Waals surface area contributed by atoms with Crippen molar-refractivity contribution in [3.63, 3.8) is 0 Å². The van der Waals surface area contributed by atoms with Gasteiger partial charge in [-0.2, -0.15) is 0 Å². The highest BCUT2D eigenvalue weighted by atomic mass is 16.5. The Bertz CT molecular complexity index is 262. The van der Waals surface area contributed by atoms with Crippen molar-refractivity contribution in [3.8, 4) is 0 Å². The molecule has 0 N–H and O–H groups in total. The average Bonchev–Trinajstić information content (AvgIpc) is 3.11. The second-order valence-corrected chi connectivity index (χ2v) is 5.18. The number of hydrogen-bond acceptors (Lipinski definition) is 2. The first-order valence-corrected chi connectivity index (χ1v) is 6.66. The van der Waals surface area contributed by atoms with Crippen LogP contribution in [-0.4, -0.2) is 12.1 Å². The van der Waals surface area contributed by atoms with Gasteiger partial charge in [-0.25, -0.2) is 4.79 Å². The van der Waals surface area contributed by atoms with Crippen molar-refractivity contribution in [2.45, 2.75) is 58.0 Å². The van der Waals surface area contributed by atoms with Gasteiger partial charge in [0.2, 0.25) is 0 Å². The van der Waals surface area contributed by atoms with Crippen LogP contribution >= 0.6 is 0 Å². The second kappa shape index (κ2) is 5.51. The standard InChI is InChI=1S/C14H22O2/c1-2-3-4-5-14(15)16-13(12-8-9-12)10-11-6-7-11/h4-5,11-13H,2-3,6-10H2,1H3. The van der Waals surface area contributed by atoms with Crippen LogP contribution in [0.1, 0.15) is 51.9 Å². The average molecular weight is 222 g/mol. The third-order valence-corrected chi connectivity index (χ3v) is 3.39. The lowest BCUT2D eigenvalue weighted by Crippen LogP contribution is -2.19. The summed E-state index contributed by atoms with van der Waals surface area (Å²) in [7, 11) is 0. The Kier molecular flexibility index (Phi) is 4.03. The highest BCUT2D eigenvalue weighted by Crippen LogP contribution is 2.42. The van der Waals surface area contributed by atoms with Gasteiger partial charge in [0.15, 0.2) is 0 Å². The topological polar surface area (TPSA) is 26.3 Å². The fraction of sp³-hybridized carbons (Fsp3) is 0.786. The summed E-state index contributed by atoms with van der Waals surface area (Å²) in [6.45, 7) is 2.11. The fourth-order valence-electron chi connectivity index (χ4n) is 2.02. The van der Waals surface area contributed by atoms with Crippen molar-refractivity contribution in [2.75, 3.05) is 0 Å². The maximum atomic E-state index is 11.6. The van der Waals surface area contributed by atoms with E-state index in [1.807, 2.05) is 6.08 Å². The Labute approximate surface area is 98.1 Å².